The van der Waals surface area contributed by atoms with E-state index >= 15 is 0 Å². The summed E-state index contributed by atoms with van der Waals surface area (Å²) in [6.07, 6.45) is -3.37. The average Bonchev–Trinajstić information content (AvgIpc) is 2.88. The molecule has 144 valence electrons. The molecule has 1 amide bonds. The van der Waals surface area contributed by atoms with E-state index in [1.54, 1.807) is 0 Å². The summed E-state index contributed by atoms with van der Waals surface area (Å²) in [5.74, 6) is -0.311. The van der Waals surface area contributed by atoms with E-state index in [4.69, 9.17) is 22.1 Å². The highest BCUT2D eigenvalue weighted by atomic mass is 35.5. The molecule has 1 aromatic heterocycles. The Labute approximate surface area is 151 Å². The predicted octanol–water partition coefficient (Wildman–Crippen LogP) is 0.828. The smallest absolute Gasteiger partial charge is 0.381 e. The number of fused-ring (bicyclic) bond motifs is 1. The van der Waals surface area contributed by atoms with E-state index in [1.807, 2.05) is 0 Å². The summed E-state index contributed by atoms with van der Waals surface area (Å²) in [6.45, 7) is -0.261. The lowest BCUT2D eigenvalue weighted by molar-refractivity contribution is -0.189. The van der Waals surface area contributed by atoms with Gasteiger partial charge in [-0.15, -0.1) is 11.6 Å². The molecule has 0 spiro atoms. The minimum Gasteiger partial charge on any atom is -0.381 e. The standard InChI is InChI=1S/C14H18ClF3N6O2/c15-7-3-21-12-10(11(19)23-24(12)5-7)13(25)22-8-4-20-2-1-9(8)26-6-14(16,17)18/h3,7-9,20H,1-2,4-6H2,(H2,19,23)(H,22,25). The van der Waals surface area contributed by atoms with Crippen molar-refractivity contribution in [3.05, 3.63) is 5.56 Å². The third-order valence-corrected chi connectivity index (χ3v) is 4.33. The van der Waals surface area contributed by atoms with Gasteiger partial charge < -0.3 is 21.1 Å². The summed E-state index contributed by atoms with van der Waals surface area (Å²) in [4.78, 5) is 16.7. The van der Waals surface area contributed by atoms with Gasteiger partial charge in [-0.2, -0.15) is 18.3 Å². The van der Waals surface area contributed by atoms with Gasteiger partial charge >= 0.3 is 6.18 Å². The summed E-state index contributed by atoms with van der Waals surface area (Å²) < 4.78 is 43.6. The fourth-order valence-electron chi connectivity index (χ4n) is 2.93. The first kappa shape index (κ1) is 18.9. The third kappa shape index (κ3) is 4.27. The minimum absolute atomic E-state index is 0.0167. The lowest BCUT2D eigenvalue weighted by atomic mass is 10.0. The van der Waals surface area contributed by atoms with Crippen LogP contribution in [0.5, 0.6) is 0 Å². The number of aliphatic imine (C=N–C) groups is 1. The van der Waals surface area contributed by atoms with Crippen LogP contribution < -0.4 is 16.4 Å². The SMILES string of the molecule is Nc1nn2c(c1C(=O)NC1CNCCC1OCC(F)(F)F)N=CC(Cl)C2. The summed E-state index contributed by atoms with van der Waals surface area (Å²) >= 11 is 5.96. The largest absolute Gasteiger partial charge is 0.411 e. The molecule has 8 nitrogen and oxygen atoms in total. The van der Waals surface area contributed by atoms with Crippen LogP contribution in [0.3, 0.4) is 0 Å². The molecule has 3 unspecified atom stereocenters. The molecule has 0 aromatic carbocycles. The molecule has 1 saturated heterocycles. The minimum atomic E-state index is -4.43. The quantitative estimate of drug-likeness (QED) is 0.656. The summed E-state index contributed by atoms with van der Waals surface area (Å²) in [6, 6.07) is -0.637. The van der Waals surface area contributed by atoms with Crippen LogP contribution in [-0.2, 0) is 11.3 Å². The van der Waals surface area contributed by atoms with Crippen LogP contribution in [0.1, 0.15) is 16.8 Å². The van der Waals surface area contributed by atoms with Gasteiger partial charge in [0, 0.05) is 12.8 Å². The fourth-order valence-corrected chi connectivity index (χ4v) is 3.12. The number of piperidine rings is 1. The van der Waals surface area contributed by atoms with Crippen LogP contribution in [0, 0.1) is 0 Å². The second kappa shape index (κ2) is 7.41. The Kier molecular flexibility index (Phi) is 5.39. The second-order valence-electron chi connectivity index (χ2n) is 6.10. The number of nitrogen functional groups attached to an aromatic ring is 1. The Morgan fingerprint density at radius 2 is 2.31 bits per heavy atom. The van der Waals surface area contributed by atoms with E-state index in [9.17, 15) is 18.0 Å². The maximum absolute atomic E-state index is 12.6. The number of carbonyl (C=O) groups is 1. The molecular weight excluding hydrogens is 377 g/mol. The Morgan fingerprint density at radius 3 is 3.04 bits per heavy atom. The van der Waals surface area contributed by atoms with Crippen molar-refractivity contribution in [1.29, 1.82) is 0 Å². The zero-order valence-electron chi connectivity index (χ0n) is 13.6. The van der Waals surface area contributed by atoms with Gasteiger partial charge in [0.15, 0.2) is 11.6 Å². The highest BCUT2D eigenvalue weighted by molar-refractivity contribution is 6.28. The van der Waals surface area contributed by atoms with Gasteiger partial charge in [-0.25, -0.2) is 9.67 Å². The van der Waals surface area contributed by atoms with Crippen LogP contribution in [0.25, 0.3) is 0 Å². The highest BCUT2D eigenvalue weighted by Crippen LogP contribution is 2.28. The zero-order valence-corrected chi connectivity index (χ0v) is 14.3. The van der Waals surface area contributed by atoms with E-state index in [0.29, 0.717) is 19.5 Å². The molecule has 4 N–H and O–H groups in total. The van der Waals surface area contributed by atoms with Gasteiger partial charge in [0.25, 0.3) is 5.91 Å². The molecule has 0 saturated carbocycles. The van der Waals surface area contributed by atoms with E-state index in [-0.39, 0.29) is 29.1 Å². The molecule has 0 aliphatic carbocycles. The van der Waals surface area contributed by atoms with E-state index in [2.05, 4.69) is 20.7 Å². The third-order valence-electron chi connectivity index (χ3n) is 4.08. The number of nitrogens with zero attached hydrogens (tertiary/aromatic N) is 3. The van der Waals surface area contributed by atoms with Crippen molar-refractivity contribution in [1.82, 2.24) is 20.4 Å². The van der Waals surface area contributed by atoms with Crippen molar-refractivity contribution in [2.75, 3.05) is 25.4 Å². The molecule has 3 rings (SSSR count). The summed E-state index contributed by atoms with van der Waals surface area (Å²) in [7, 11) is 0. The molecule has 26 heavy (non-hydrogen) atoms. The number of nitrogens with one attached hydrogen (secondary N) is 2. The predicted molar refractivity (Wildman–Crippen MR) is 89.0 cm³/mol. The number of aromatic nitrogens is 2. The van der Waals surface area contributed by atoms with Crippen molar-refractivity contribution in [2.24, 2.45) is 4.99 Å². The van der Waals surface area contributed by atoms with Crippen molar-refractivity contribution in [3.8, 4) is 0 Å². The molecule has 3 heterocycles. The highest BCUT2D eigenvalue weighted by Gasteiger charge is 2.35. The number of alkyl halides is 4. The maximum atomic E-state index is 12.6. The second-order valence-corrected chi connectivity index (χ2v) is 6.66. The zero-order chi connectivity index (χ0) is 18.9. The fraction of sp³-hybridized carbons (Fsp3) is 0.643. The molecule has 3 atom stereocenters. The molecule has 12 heteroatoms. The number of rotatable bonds is 4. The first-order valence-electron chi connectivity index (χ1n) is 7.99. The molecule has 2 aliphatic heterocycles. The summed E-state index contributed by atoms with van der Waals surface area (Å²) in [5.41, 5.74) is 5.89. The van der Waals surface area contributed by atoms with Gasteiger partial charge in [-0.05, 0) is 13.0 Å². The normalized spacial score (nSPS) is 25.8. The monoisotopic (exact) mass is 394 g/mol. The Morgan fingerprint density at radius 1 is 1.54 bits per heavy atom. The first-order valence-corrected chi connectivity index (χ1v) is 8.42. The van der Waals surface area contributed by atoms with E-state index < -0.39 is 30.8 Å². The van der Waals surface area contributed by atoms with Crippen molar-refractivity contribution >= 4 is 35.4 Å². The number of carbonyl (C=O) groups excluding carboxylic acids is 1. The lowest BCUT2D eigenvalue weighted by Crippen LogP contribution is -2.55. The van der Waals surface area contributed by atoms with Crippen LogP contribution in [0.4, 0.5) is 24.8 Å². The van der Waals surface area contributed by atoms with Gasteiger partial charge in [0.2, 0.25) is 0 Å². The van der Waals surface area contributed by atoms with Crippen LogP contribution in [-0.4, -0.2) is 65.3 Å². The maximum Gasteiger partial charge on any atom is 0.411 e. The Balaban J connectivity index is 1.72. The van der Waals surface area contributed by atoms with Crippen LogP contribution in [0.2, 0.25) is 0 Å². The number of ether oxygens (including phenoxy) is 1. The van der Waals surface area contributed by atoms with E-state index in [0.717, 1.165) is 0 Å². The van der Waals surface area contributed by atoms with Gasteiger partial charge in [0.1, 0.15) is 12.2 Å². The Hall–Kier alpha value is -1.85. The van der Waals surface area contributed by atoms with E-state index in [1.165, 1.54) is 10.9 Å². The molecule has 1 aromatic rings. The Bertz CT molecular complexity index is 708. The van der Waals surface area contributed by atoms with Crippen LogP contribution >= 0.6 is 11.6 Å². The van der Waals surface area contributed by atoms with Crippen LogP contribution in [0.15, 0.2) is 4.99 Å². The van der Waals surface area contributed by atoms with Crippen molar-refractivity contribution < 1.29 is 22.7 Å². The summed E-state index contributed by atoms with van der Waals surface area (Å²) in [5, 5.41) is 9.38. The van der Waals surface area contributed by atoms with Crippen molar-refractivity contribution in [2.45, 2.75) is 36.7 Å². The van der Waals surface area contributed by atoms with Crippen molar-refractivity contribution in [3.63, 3.8) is 0 Å². The van der Waals surface area contributed by atoms with Gasteiger partial charge in [0.05, 0.1) is 24.1 Å². The lowest BCUT2D eigenvalue weighted by Gasteiger charge is -2.32. The topological polar surface area (TPSA) is 107 Å². The molecular formula is C14H18ClF3N6O2. The molecule has 2 aliphatic rings. The molecule has 0 radical (unpaired) electrons. The number of anilines is 1. The van der Waals surface area contributed by atoms with Gasteiger partial charge in [-0.3, -0.25) is 4.79 Å². The number of halogens is 4. The number of hydrogen-bond acceptors (Lipinski definition) is 6. The number of hydrogen-bond donors (Lipinski definition) is 3. The molecule has 1 fully saturated rings. The number of amides is 1. The number of nitrogens with two attached hydrogens (primary N) is 1. The first-order chi connectivity index (χ1) is 12.2. The van der Waals surface area contributed by atoms with Gasteiger partial charge in [-0.1, -0.05) is 0 Å². The molecule has 0 bridgehead atoms. The average molecular weight is 395 g/mol.